The number of aromatic carboxylic acids is 1. The maximum Gasteiger partial charge on any atom is 0.358 e. The Morgan fingerprint density at radius 1 is 1.40 bits per heavy atom. The first kappa shape index (κ1) is 16.1. The molecule has 0 fully saturated rings. The lowest BCUT2D eigenvalue weighted by Crippen LogP contribution is -2.39. The first-order valence-corrected chi connectivity index (χ1v) is 7.51. The Morgan fingerprint density at radius 2 is 2.10 bits per heavy atom. The number of nitrogens with zero attached hydrogens (tertiary/aromatic N) is 3. The zero-order valence-electron chi connectivity index (χ0n) is 11.0. The van der Waals surface area contributed by atoms with Gasteiger partial charge in [-0.1, -0.05) is 12.1 Å². The molecule has 0 saturated heterocycles. The van der Waals surface area contributed by atoms with Crippen LogP contribution in [-0.2, 0) is 17.3 Å². The Labute approximate surface area is 118 Å². The van der Waals surface area contributed by atoms with Crippen molar-refractivity contribution in [2.24, 2.45) is 0 Å². The lowest BCUT2D eigenvalue weighted by molar-refractivity contribution is 0.0690. The van der Waals surface area contributed by atoms with E-state index < -0.39 is 16.8 Å². The molecular weight excluding hydrogens is 286 g/mol. The van der Waals surface area contributed by atoms with Crippen LogP contribution in [0.1, 0.15) is 17.4 Å². The minimum Gasteiger partial charge on any atom is -0.476 e. The van der Waals surface area contributed by atoms with Gasteiger partial charge in [0.05, 0.1) is 12.7 Å². The van der Waals surface area contributed by atoms with E-state index in [1.165, 1.54) is 10.9 Å². The van der Waals surface area contributed by atoms with Gasteiger partial charge in [0.25, 0.3) is 0 Å². The van der Waals surface area contributed by atoms with Gasteiger partial charge in [0.1, 0.15) is 0 Å². The van der Waals surface area contributed by atoms with Crippen molar-refractivity contribution in [1.82, 2.24) is 25.6 Å². The Balaban J connectivity index is 2.18. The third kappa shape index (κ3) is 5.78. The van der Waals surface area contributed by atoms with Crippen molar-refractivity contribution < 1.29 is 18.9 Å². The minimum atomic E-state index is -1.15. The fourth-order valence-electron chi connectivity index (χ4n) is 1.27. The number of carboxylic acid groups (broad SMARTS) is 1. The molecule has 9 nitrogen and oxygen atoms in total. The third-order valence-electron chi connectivity index (χ3n) is 2.32. The second-order valence-electron chi connectivity index (χ2n) is 3.79. The van der Waals surface area contributed by atoms with Crippen molar-refractivity contribution in [2.45, 2.75) is 13.5 Å². The van der Waals surface area contributed by atoms with Crippen LogP contribution in [0, 0.1) is 0 Å². The third-order valence-corrected chi connectivity index (χ3v) is 3.62. The zero-order valence-corrected chi connectivity index (χ0v) is 11.9. The molecule has 112 valence electrons. The summed E-state index contributed by atoms with van der Waals surface area (Å²) >= 11 is 0. The van der Waals surface area contributed by atoms with Gasteiger partial charge in [-0.2, -0.15) is 0 Å². The quantitative estimate of drug-likeness (QED) is 0.568. The second-order valence-corrected chi connectivity index (χ2v) is 5.65. The molecule has 0 aromatic carbocycles. The minimum absolute atomic E-state index is 0.142. The van der Waals surface area contributed by atoms with E-state index in [1.807, 2.05) is 6.92 Å². The summed E-state index contributed by atoms with van der Waals surface area (Å²) in [6.45, 7) is 2.76. The molecule has 0 bridgehead atoms. The molecule has 0 aliphatic carbocycles. The van der Waals surface area contributed by atoms with E-state index >= 15 is 0 Å². The van der Waals surface area contributed by atoms with E-state index in [9.17, 15) is 13.8 Å². The first-order valence-electron chi connectivity index (χ1n) is 6.03. The number of urea groups is 1. The van der Waals surface area contributed by atoms with Crippen molar-refractivity contribution in [1.29, 1.82) is 0 Å². The van der Waals surface area contributed by atoms with Gasteiger partial charge < -0.3 is 15.7 Å². The molecule has 1 rings (SSSR count). The Kier molecular flexibility index (Phi) is 6.64. The average Bonchev–Trinajstić information content (AvgIpc) is 2.87. The fraction of sp³-hybridized carbons (Fsp3) is 0.600. The van der Waals surface area contributed by atoms with Gasteiger partial charge in [0.2, 0.25) is 0 Å². The van der Waals surface area contributed by atoms with E-state index in [4.69, 9.17) is 5.11 Å². The molecule has 2 amide bonds. The van der Waals surface area contributed by atoms with E-state index in [0.29, 0.717) is 24.6 Å². The Hall–Kier alpha value is -1.97. The molecule has 1 heterocycles. The van der Waals surface area contributed by atoms with Gasteiger partial charge in [-0.3, -0.25) is 4.21 Å². The number of nitrogens with one attached hydrogen (secondary N) is 2. The van der Waals surface area contributed by atoms with Gasteiger partial charge in [-0.15, -0.1) is 5.10 Å². The second kappa shape index (κ2) is 8.25. The fourth-order valence-corrected chi connectivity index (χ4v) is 1.89. The summed E-state index contributed by atoms with van der Waals surface area (Å²) in [5.41, 5.74) is -0.142. The van der Waals surface area contributed by atoms with Gasteiger partial charge in [0.15, 0.2) is 5.69 Å². The summed E-state index contributed by atoms with van der Waals surface area (Å²) in [6.07, 6.45) is 1.28. The molecule has 1 unspecified atom stereocenters. The highest BCUT2D eigenvalue weighted by Gasteiger charge is 2.08. The van der Waals surface area contributed by atoms with Crippen molar-refractivity contribution >= 4 is 22.8 Å². The summed E-state index contributed by atoms with van der Waals surface area (Å²) in [4.78, 5) is 21.9. The number of carbonyl (C=O) groups is 2. The molecule has 10 heteroatoms. The van der Waals surface area contributed by atoms with Crippen LogP contribution in [0.15, 0.2) is 6.20 Å². The largest absolute Gasteiger partial charge is 0.476 e. The summed E-state index contributed by atoms with van der Waals surface area (Å²) in [5.74, 6) is -0.151. The number of amides is 2. The predicted octanol–water partition coefficient (Wildman–Crippen LogP) is -0.956. The summed E-state index contributed by atoms with van der Waals surface area (Å²) in [7, 11) is -0.901. The van der Waals surface area contributed by atoms with Crippen molar-refractivity contribution in [3.05, 3.63) is 11.9 Å². The Bertz CT molecular complexity index is 490. The molecule has 0 radical (unpaired) electrons. The van der Waals surface area contributed by atoms with Gasteiger partial charge in [0, 0.05) is 35.4 Å². The number of hydrogen-bond donors (Lipinski definition) is 3. The van der Waals surface area contributed by atoms with E-state index in [0.717, 1.165) is 0 Å². The monoisotopic (exact) mass is 303 g/mol. The lowest BCUT2D eigenvalue weighted by atomic mass is 10.5. The number of carbonyl (C=O) groups excluding carboxylic acids is 1. The highest BCUT2D eigenvalue weighted by Crippen LogP contribution is 1.91. The molecule has 0 aliphatic heterocycles. The smallest absolute Gasteiger partial charge is 0.358 e. The van der Waals surface area contributed by atoms with Gasteiger partial charge in [-0.05, 0) is 0 Å². The van der Waals surface area contributed by atoms with E-state index in [-0.39, 0.29) is 18.3 Å². The molecule has 20 heavy (non-hydrogen) atoms. The Morgan fingerprint density at radius 3 is 2.70 bits per heavy atom. The molecule has 0 saturated carbocycles. The van der Waals surface area contributed by atoms with Crippen LogP contribution in [-0.4, -0.2) is 60.9 Å². The number of rotatable bonds is 8. The van der Waals surface area contributed by atoms with Gasteiger partial charge in [-0.25, -0.2) is 14.3 Å². The van der Waals surface area contributed by atoms with Crippen LogP contribution >= 0.6 is 0 Å². The van der Waals surface area contributed by atoms with Crippen LogP contribution in [0.5, 0.6) is 0 Å². The van der Waals surface area contributed by atoms with Crippen LogP contribution in [0.25, 0.3) is 0 Å². The molecule has 1 aromatic heterocycles. The topological polar surface area (TPSA) is 126 Å². The highest BCUT2D eigenvalue weighted by molar-refractivity contribution is 7.84. The first-order chi connectivity index (χ1) is 9.52. The van der Waals surface area contributed by atoms with Crippen LogP contribution in [0.3, 0.4) is 0 Å². The molecular formula is C10H17N5O4S. The molecule has 0 aliphatic rings. The lowest BCUT2D eigenvalue weighted by Gasteiger charge is -2.06. The molecule has 1 atom stereocenters. The maximum atomic E-state index is 11.4. The van der Waals surface area contributed by atoms with E-state index in [1.54, 1.807) is 0 Å². The molecule has 1 aromatic rings. The SMILES string of the molecule is CCS(=O)CCNC(=O)NCCn1cc(C(=O)O)nn1. The summed E-state index contributed by atoms with van der Waals surface area (Å²) < 4.78 is 12.5. The van der Waals surface area contributed by atoms with Gasteiger partial charge >= 0.3 is 12.0 Å². The van der Waals surface area contributed by atoms with Crippen molar-refractivity contribution in [3.63, 3.8) is 0 Å². The average molecular weight is 303 g/mol. The van der Waals surface area contributed by atoms with Crippen molar-refractivity contribution in [2.75, 3.05) is 24.6 Å². The van der Waals surface area contributed by atoms with E-state index in [2.05, 4.69) is 20.9 Å². The van der Waals surface area contributed by atoms with Crippen LogP contribution in [0.2, 0.25) is 0 Å². The maximum absolute atomic E-state index is 11.4. The molecule has 0 spiro atoms. The number of hydrogen-bond acceptors (Lipinski definition) is 5. The molecule has 3 N–H and O–H groups in total. The summed E-state index contributed by atoms with van der Waals surface area (Å²) in [5, 5.41) is 20.9. The highest BCUT2D eigenvalue weighted by atomic mass is 32.2. The number of carboxylic acids is 1. The number of aromatic nitrogens is 3. The van der Waals surface area contributed by atoms with Crippen LogP contribution < -0.4 is 10.6 Å². The summed E-state index contributed by atoms with van der Waals surface area (Å²) in [6, 6.07) is -0.364. The predicted molar refractivity (Wildman–Crippen MR) is 71.9 cm³/mol. The zero-order chi connectivity index (χ0) is 15.0. The van der Waals surface area contributed by atoms with Crippen LogP contribution in [0.4, 0.5) is 4.79 Å². The normalized spacial score (nSPS) is 11.8. The van der Waals surface area contributed by atoms with Crippen molar-refractivity contribution in [3.8, 4) is 0 Å². The standard InChI is InChI=1S/C10H17N5O4S/c1-2-20(19)6-4-12-10(18)11-3-5-15-7-8(9(16)17)13-14-15/h7H,2-6H2,1H3,(H,16,17)(H2,11,12,18).